The van der Waals surface area contributed by atoms with Gasteiger partial charge in [-0.1, -0.05) is 6.42 Å². The van der Waals surface area contributed by atoms with E-state index in [9.17, 15) is 5.26 Å². The van der Waals surface area contributed by atoms with Gasteiger partial charge in [0, 0.05) is 5.41 Å². The lowest BCUT2D eigenvalue weighted by Gasteiger charge is -2.59. The summed E-state index contributed by atoms with van der Waals surface area (Å²) in [6.45, 7) is 2.36. The number of likely N-dealkylation sites (tertiary alicyclic amines) is 1. The monoisotopic (exact) mass is 258 g/mol. The standard InChI is InChI=1S/C17H26N2/c18-12-16(19-4-2-1-3-5-19)17-9-13-6-14(10-17)8-15(7-13)11-17/h13-16H,1-11H2. The largest absolute Gasteiger partial charge is 0.288 e. The predicted octanol–water partition coefficient (Wildman–Crippen LogP) is 3.58. The number of hydrogen-bond acceptors (Lipinski definition) is 2. The van der Waals surface area contributed by atoms with Crippen molar-refractivity contribution in [2.45, 2.75) is 63.8 Å². The molecule has 19 heavy (non-hydrogen) atoms. The van der Waals surface area contributed by atoms with Crippen molar-refractivity contribution in [1.82, 2.24) is 4.90 Å². The molecule has 1 atom stereocenters. The van der Waals surface area contributed by atoms with E-state index in [4.69, 9.17) is 0 Å². The van der Waals surface area contributed by atoms with Gasteiger partial charge in [0.05, 0.1) is 6.07 Å². The van der Waals surface area contributed by atoms with Crippen LogP contribution < -0.4 is 0 Å². The van der Waals surface area contributed by atoms with Crippen LogP contribution in [0.4, 0.5) is 0 Å². The van der Waals surface area contributed by atoms with E-state index in [2.05, 4.69) is 11.0 Å². The van der Waals surface area contributed by atoms with Crippen LogP contribution >= 0.6 is 0 Å². The van der Waals surface area contributed by atoms with Gasteiger partial charge in [0.2, 0.25) is 0 Å². The molecule has 104 valence electrons. The zero-order valence-electron chi connectivity index (χ0n) is 12.0. The van der Waals surface area contributed by atoms with E-state index in [0.717, 1.165) is 17.8 Å². The minimum atomic E-state index is 0.237. The molecule has 5 rings (SSSR count). The molecule has 5 aliphatic rings. The van der Waals surface area contributed by atoms with Gasteiger partial charge in [0.25, 0.3) is 0 Å². The molecule has 1 aliphatic heterocycles. The van der Waals surface area contributed by atoms with Gasteiger partial charge in [-0.2, -0.15) is 5.26 Å². The third-order valence-electron chi connectivity index (χ3n) is 6.54. The maximum Gasteiger partial charge on any atom is 0.103 e. The molecule has 0 aromatic heterocycles. The molecular formula is C17H26N2. The van der Waals surface area contributed by atoms with Crippen molar-refractivity contribution in [2.75, 3.05) is 13.1 Å². The molecule has 4 aliphatic carbocycles. The van der Waals surface area contributed by atoms with Crippen LogP contribution in [-0.4, -0.2) is 24.0 Å². The van der Waals surface area contributed by atoms with Gasteiger partial charge in [-0.25, -0.2) is 0 Å². The number of rotatable bonds is 2. The van der Waals surface area contributed by atoms with E-state index in [-0.39, 0.29) is 6.04 Å². The van der Waals surface area contributed by atoms with Crippen LogP contribution in [0.5, 0.6) is 0 Å². The van der Waals surface area contributed by atoms with Crippen molar-refractivity contribution in [3.8, 4) is 6.07 Å². The van der Waals surface area contributed by atoms with Crippen molar-refractivity contribution in [1.29, 1.82) is 5.26 Å². The number of nitriles is 1. The Hall–Kier alpha value is -0.550. The van der Waals surface area contributed by atoms with E-state index < -0.39 is 0 Å². The molecular weight excluding hydrogens is 232 g/mol. The first-order chi connectivity index (χ1) is 9.29. The van der Waals surface area contributed by atoms with Crippen LogP contribution in [0.1, 0.15) is 57.8 Å². The Morgan fingerprint density at radius 3 is 1.89 bits per heavy atom. The topological polar surface area (TPSA) is 27.0 Å². The van der Waals surface area contributed by atoms with Gasteiger partial charge in [-0.05, 0) is 82.2 Å². The van der Waals surface area contributed by atoms with E-state index in [1.807, 2.05) is 0 Å². The molecule has 1 unspecified atom stereocenters. The molecule has 2 nitrogen and oxygen atoms in total. The molecule has 0 aromatic rings. The van der Waals surface area contributed by atoms with Gasteiger partial charge in [0.15, 0.2) is 0 Å². The average Bonchev–Trinajstić information content (AvgIpc) is 2.38. The van der Waals surface area contributed by atoms with Crippen LogP contribution in [0.25, 0.3) is 0 Å². The van der Waals surface area contributed by atoms with Gasteiger partial charge in [0.1, 0.15) is 6.04 Å². The molecule has 2 heteroatoms. The van der Waals surface area contributed by atoms with E-state index >= 15 is 0 Å². The molecule has 0 amide bonds. The molecule has 1 saturated heterocycles. The first-order valence-electron chi connectivity index (χ1n) is 8.43. The predicted molar refractivity (Wildman–Crippen MR) is 75.4 cm³/mol. The summed E-state index contributed by atoms with van der Waals surface area (Å²) in [5.74, 6) is 2.89. The Morgan fingerprint density at radius 2 is 1.42 bits per heavy atom. The van der Waals surface area contributed by atoms with E-state index in [1.54, 1.807) is 0 Å². The lowest BCUT2D eigenvalue weighted by molar-refractivity contribution is -0.0893. The summed E-state index contributed by atoms with van der Waals surface area (Å²) < 4.78 is 0. The average molecular weight is 258 g/mol. The normalized spacial score (nSPS) is 47.0. The summed E-state index contributed by atoms with van der Waals surface area (Å²) in [6, 6.07) is 2.99. The quantitative estimate of drug-likeness (QED) is 0.757. The third-order valence-corrected chi connectivity index (χ3v) is 6.54. The Kier molecular flexibility index (Phi) is 2.88. The highest BCUT2D eigenvalue weighted by Crippen LogP contribution is 2.62. The second-order valence-electron chi connectivity index (χ2n) is 7.91. The number of nitrogens with zero attached hydrogens (tertiary/aromatic N) is 2. The summed E-state index contributed by atoms with van der Waals surface area (Å²) in [5.41, 5.74) is 0.390. The van der Waals surface area contributed by atoms with E-state index in [0.29, 0.717) is 5.41 Å². The van der Waals surface area contributed by atoms with Crippen LogP contribution in [-0.2, 0) is 0 Å². The van der Waals surface area contributed by atoms with Crippen molar-refractivity contribution in [3.63, 3.8) is 0 Å². The Morgan fingerprint density at radius 1 is 0.895 bits per heavy atom. The fraction of sp³-hybridized carbons (Fsp3) is 0.941. The summed E-state index contributed by atoms with van der Waals surface area (Å²) in [4.78, 5) is 2.55. The van der Waals surface area contributed by atoms with Crippen molar-refractivity contribution >= 4 is 0 Å². The Labute approximate surface area is 117 Å². The third kappa shape index (κ3) is 1.93. The SMILES string of the molecule is N#CC(N1CCCCC1)C12CC3CC(CC(C3)C1)C2. The maximum absolute atomic E-state index is 9.85. The zero-order valence-corrected chi connectivity index (χ0v) is 12.0. The van der Waals surface area contributed by atoms with Gasteiger partial charge in [-0.15, -0.1) is 0 Å². The second kappa shape index (κ2) is 4.48. The summed E-state index contributed by atoms with van der Waals surface area (Å²) in [6.07, 6.45) is 12.5. The molecule has 4 bridgehead atoms. The molecule has 0 radical (unpaired) electrons. The fourth-order valence-corrected chi connectivity index (χ4v) is 6.29. The fourth-order valence-electron chi connectivity index (χ4n) is 6.29. The van der Waals surface area contributed by atoms with Crippen molar-refractivity contribution in [3.05, 3.63) is 0 Å². The summed E-state index contributed by atoms with van der Waals surface area (Å²) in [5, 5.41) is 9.85. The second-order valence-corrected chi connectivity index (χ2v) is 7.91. The minimum Gasteiger partial charge on any atom is -0.288 e. The summed E-state index contributed by atoms with van der Waals surface area (Å²) >= 11 is 0. The molecule has 0 N–H and O–H groups in total. The Bertz CT molecular complexity index is 353. The van der Waals surface area contributed by atoms with Crippen LogP contribution in [0, 0.1) is 34.5 Å². The Balaban J connectivity index is 1.60. The maximum atomic E-state index is 9.85. The lowest BCUT2D eigenvalue weighted by atomic mass is 9.47. The lowest BCUT2D eigenvalue weighted by Crippen LogP contribution is -2.57. The smallest absolute Gasteiger partial charge is 0.103 e. The van der Waals surface area contributed by atoms with Crippen LogP contribution in [0.3, 0.4) is 0 Å². The number of piperidine rings is 1. The first kappa shape index (κ1) is 12.2. The van der Waals surface area contributed by atoms with Crippen molar-refractivity contribution < 1.29 is 0 Å². The molecule has 1 heterocycles. The summed E-state index contributed by atoms with van der Waals surface area (Å²) in [7, 11) is 0. The number of hydrogen-bond donors (Lipinski definition) is 0. The van der Waals surface area contributed by atoms with Gasteiger partial charge in [-0.3, -0.25) is 4.90 Å². The van der Waals surface area contributed by atoms with Crippen LogP contribution in [0.15, 0.2) is 0 Å². The van der Waals surface area contributed by atoms with Crippen molar-refractivity contribution in [2.24, 2.45) is 23.2 Å². The van der Waals surface area contributed by atoms with Gasteiger partial charge < -0.3 is 0 Å². The molecule has 0 aromatic carbocycles. The molecule has 4 saturated carbocycles. The minimum absolute atomic E-state index is 0.237. The highest BCUT2D eigenvalue weighted by Gasteiger charge is 2.55. The first-order valence-corrected chi connectivity index (χ1v) is 8.43. The molecule has 5 fully saturated rings. The highest BCUT2D eigenvalue weighted by molar-refractivity contribution is 5.13. The highest BCUT2D eigenvalue weighted by atomic mass is 15.2. The van der Waals surface area contributed by atoms with Crippen LogP contribution in [0.2, 0.25) is 0 Å². The zero-order chi connectivity index (χ0) is 12.9. The van der Waals surface area contributed by atoms with Gasteiger partial charge >= 0.3 is 0 Å². The van der Waals surface area contributed by atoms with E-state index in [1.165, 1.54) is 70.9 Å². The molecule has 0 spiro atoms.